The highest BCUT2D eigenvalue weighted by Gasteiger charge is 2.19. The Morgan fingerprint density at radius 1 is 0.593 bits per heavy atom. The van der Waals surface area contributed by atoms with Crippen LogP contribution in [-0.4, -0.2) is 29.8 Å². The van der Waals surface area contributed by atoms with Crippen molar-refractivity contribution in [1.29, 1.82) is 0 Å². The summed E-state index contributed by atoms with van der Waals surface area (Å²) in [6.45, 7) is 2.51. The van der Waals surface area contributed by atoms with Gasteiger partial charge in [0.1, 0.15) is 0 Å². The van der Waals surface area contributed by atoms with E-state index in [1.807, 2.05) is 0 Å². The second-order valence-corrected chi connectivity index (χ2v) is 8.97. The van der Waals surface area contributed by atoms with Crippen LogP contribution in [-0.2, 0) is 13.6 Å². The highest BCUT2D eigenvalue weighted by Crippen LogP contribution is 2.43. The summed E-state index contributed by atoms with van der Waals surface area (Å²) < 4.78 is 21.1. The fraction of sp³-hybridized carbons (Fsp3) is 1.00. The lowest BCUT2D eigenvalue weighted by Gasteiger charge is -2.11. The zero-order valence-electron chi connectivity index (χ0n) is 17.7. The molecule has 2 N–H and O–H groups in total. The Morgan fingerprint density at radius 2 is 0.926 bits per heavy atom. The van der Waals surface area contributed by atoms with Gasteiger partial charge in [-0.2, -0.15) is 0 Å². The molecule has 0 saturated heterocycles. The maximum Gasteiger partial charge on any atom is 0.472 e. The molecule has 0 aromatic heterocycles. The van der Waals surface area contributed by atoms with Gasteiger partial charge in [-0.15, -0.1) is 0 Å². The van der Waals surface area contributed by atoms with E-state index in [-0.39, 0.29) is 19.8 Å². The highest BCUT2D eigenvalue weighted by molar-refractivity contribution is 7.47. The molecule has 0 fully saturated rings. The quantitative estimate of drug-likeness (QED) is 0.153. The first kappa shape index (κ1) is 27.1. The Labute approximate surface area is 167 Å². The first-order valence-electron chi connectivity index (χ1n) is 11.3. The lowest BCUT2D eigenvalue weighted by Crippen LogP contribution is -2.00. The number of aliphatic hydroxyl groups excluding tert-OH is 1. The van der Waals surface area contributed by atoms with Crippen LogP contribution in [0.5, 0.6) is 0 Å². The SMILES string of the molecule is CCCCCCCCCCCCCCCCCCOP(=O)(O)OCCCO. The molecular formula is C21H45O5P. The smallest absolute Gasteiger partial charge is 0.396 e. The van der Waals surface area contributed by atoms with E-state index < -0.39 is 7.82 Å². The van der Waals surface area contributed by atoms with E-state index in [1.165, 1.54) is 83.5 Å². The van der Waals surface area contributed by atoms with Crippen molar-refractivity contribution in [3.8, 4) is 0 Å². The van der Waals surface area contributed by atoms with Gasteiger partial charge in [-0.25, -0.2) is 4.57 Å². The summed E-state index contributed by atoms with van der Waals surface area (Å²) in [6, 6.07) is 0. The van der Waals surface area contributed by atoms with Gasteiger partial charge in [0.05, 0.1) is 13.2 Å². The molecule has 0 heterocycles. The van der Waals surface area contributed by atoms with Gasteiger partial charge in [-0.05, 0) is 12.8 Å². The summed E-state index contributed by atoms with van der Waals surface area (Å²) >= 11 is 0. The van der Waals surface area contributed by atoms with Gasteiger partial charge >= 0.3 is 7.82 Å². The molecular weight excluding hydrogens is 363 g/mol. The van der Waals surface area contributed by atoms with Crippen molar-refractivity contribution >= 4 is 7.82 Å². The molecule has 5 nitrogen and oxygen atoms in total. The molecule has 1 unspecified atom stereocenters. The van der Waals surface area contributed by atoms with Crippen molar-refractivity contribution in [2.45, 2.75) is 116 Å². The van der Waals surface area contributed by atoms with Crippen LogP contribution < -0.4 is 0 Å². The van der Waals surface area contributed by atoms with Gasteiger partial charge in [0, 0.05) is 6.61 Å². The standard InChI is InChI=1S/C21H45O5P/c1-2-3-4-5-6-7-8-9-10-11-12-13-14-15-16-17-20-25-27(23,24)26-21-18-19-22/h22H,2-21H2,1H3,(H,23,24). The molecule has 6 heteroatoms. The van der Waals surface area contributed by atoms with E-state index in [0.717, 1.165) is 19.3 Å². The summed E-state index contributed by atoms with van der Waals surface area (Å²) in [4.78, 5) is 9.40. The molecule has 0 aliphatic rings. The Morgan fingerprint density at radius 3 is 1.30 bits per heavy atom. The second kappa shape index (κ2) is 20.8. The molecule has 0 bridgehead atoms. The minimum absolute atomic E-state index is 0.0449. The van der Waals surface area contributed by atoms with Crippen molar-refractivity contribution in [3.05, 3.63) is 0 Å². The largest absolute Gasteiger partial charge is 0.472 e. The number of hydrogen-bond acceptors (Lipinski definition) is 4. The topological polar surface area (TPSA) is 76.0 Å². The molecule has 0 aromatic carbocycles. The lowest BCUT2D eigenvalue weighted by molar-refractivity contribution is 0.137. The lowest BCUT2D eigenvalue weighted by atomic mass is 10.0. The van der Waals surface area contributed by atoms with Gasteiger partial charge in [-0.1, -0.05) is 103 Å². The molecule has 0 aliphatic carbocycles. The molecule has 0 rings (SSSR count). The minimum atomic E-state index is -3.92. The zero-order valence-corrected chi connectivity index (χ0v) is 18.6. The number of rotatable bonds is 22. The number of aliphatic hydroxyl groups is 1. The Kier molecular flexibility index (Phi) is 20.8. The first-order valence-corrected chi connectivity index (χ1v) is 12.8. The van der Waals surface area contributed by atoms with E-state index in [4.69, 9.17) is 14.2 Å². The zero-order chi connectivity index (χ0) is 20.1. The third-order valence-electron chi connectivity index (χ3n) is 4.81. The summed E-state index contributed by atoms with van der Waals surface area (Å²) in [5.41, 5.74) is 0. The Balaban J connectivity index is 3.17. The summed E-state index contributed by atoms with van der Waals surface area (Å²) in [5.74, 6) is 0. The third-order valence-corrected chi connectivity index (χ3v) is 5.83. The third kappa shape index (κ3) is 22.2. The van der Waals surface area contributed by atoms with Crippen molar-refractivity contribution in [2.75, 3.05) is 19.8 Å². The van der Waals surface area contributed by atoms with Crippen LogP contribution in [0.1, 0.15) is 116 Å². The molecule has 0 saturated carbocycles. The number of phosphoric acid groups is 1. The van der Waals surface area contributed by atoms with Crippen LogP contribution in [0.2, 0.25) is 0 Å². The molecule has 0 spiro atoms. The van der Waals surface area contributed by atoms with Crippen LogP contribution >= 0.6 is 7.82 Å². The van der Waals surface area contributed by atoms with Gasteiger partial charge in [0.15, 0.2) is 0 Å². The van der Waals surface area contributed by atoms with Gasteiger partial charge < -0.3 is 10.00 Å². The van der Waals surface area contributed by atoms with E-state index in [9.17, 15) is 9.46 Å². The molecule has 27 heavy (non-hydrogen) atoms. The summed E-state index contributed by atoms with van der Waals surface area (Å²) in [5, 5.41) is 8.60. The monoisotopic (exact) mass is 408 g/mol. The number of hydrogen-bond donors (Lipinski definition) is 2. The van der Waals surface area contributed by atoms with E-state index in [2.05, 4.69) is 6.92 Å². The van der Waals surface area contributed by atoms with Gasteiger partial charge in [0.2, 0.25) is 0 Å². The normalized spacial score (nSPS) is 13.7. The van der Waals surface area contributed by atoms with Gasteiger partial charge in [-0.3, -0.25) is 9.05 Å². The fourth-order valence-corrected chi connectivity index (χ4v) is 3.91. The molecule has 0 amide bonds. The molecule has 0 aromatic rings. The highest BCUT2D eigenvalue weighted by atomic mass is 31.2. The second-order valence-electron chi connectivity index (χ2n) is 7.52. The molecule has 0 radical (unpaired) electrons. The first-order chi connectivity index (χ1) is 13.1. The average molecular weight is 409 g/mol. The van der Waals surface area contributed by atoms with Crippen LogP contribution in [0.4, 0.5) is 0 Å². The van der Waals surface area contributed by atoms with Crippen molar-refractivity contribution in [3.63, 3.8) is 0 Å². The Bertz CT molecular complexity index is 339. The summed E-state index contributed by atoms with van der Waals surface area (Å²) in [6.07, 6.45) is 21.1. The predicted octanol–water partition coefficient (Wildman–Crippen LogP) is 6.76. The van der Waals surface area contributed by atoms with Crippen LogP contribution in [0.25, 0.3) is 0 Å². The molecule has 1 atom stereocenters. The minimum Gasteiger partial charge on any atom is -0.396 e. The van der Waals surface area contributed by atoms with Crippen LogP contribution in [0, 0.1) is 0 Å². The summed E-state index contributed by atoms with van der Waals surface area (Å²) in [7, 11) is -3.92. The van der Waals surface area contributed by atoms with Crippen LogP contribution in [0.15, 0.2) is 0 Å². The van der Waals surface area contributed by atoms with Crippen molar-refractivity contribution in [1.82, 2.24) is 0 Å². The van der Waals surface area contributed by atoms with E-state index in [0.29, 0.717) is 6.42 Å². The van der Waals surface area contributed by atoms with Gasteiger partial charge in [0.25, 0.3) is 0 Å². The van der Waals surface area contributed by atoms with Crippen molar-refractivity contribution < 1.29 is 23.6 Å². The molecule has 0 aliphatic heterocycles. The molecule has 164 valence electrons. The van der Waals surface area contributed by atoms with E-state index >= 15 is 0 Å². The fourth-order valence-electron chi connectivity index (χ4n) is 3.11. The predicted molar refractivity (Wildman–Crippen MR) is 113 cm³/mol. The van der Waals surface area contributed by atoms with E-state index in [1.54, 1.807) is 0 Å². The van der Waals surface area contributed by atoms with Crippen molar-refractivity contribution in [2.24, 2.45) is 0 Å². The maximum absolute atomic E-state index is 11.5. The average Bonchev–Trinajstić information content (AvgIpc) is 2.64. The number of phosphoric ester groups is 1. The van der Waals surface area contributed by atoms with Crippen LogP contribution in [0.3, 0.4) is 0 Å². The maximum atomic E-state index is 11.5. The number of unbranched alkanes of at least 4 members (excludes halogenated alkanes) is 15. The Hall–Kier alpha value is 0.0700.